The molecule has 0 bridgehead atoms. The molecule has 0 aromatic rings. The summed E-state index contributed by atoms with van der Waals surface area (Å²) in [5.41, 5.74) is 0. The van der Waals surface area contributed by atoms with Crippen LogP contribution in [0.4, 0.5) is 0 Å². The fourth-order valence-corrected chi connectivity index (χ4v) is 0.207. The van der Waals surface area contributed by atoms with E-state index in [1.54, 1.807) is 7.05 Å². The summed E-state index contributed by atoms with van der Waals surface area (Å²) in [6.07, 6.45) is 1.23. The number of ether oxygens (including phenoxy) is 1. The second kappa shape index (κ2) is 4.18. The van der Waals surface area contributed by atoms with E-state index >= 15 is 0 Å². The van der Waals surface area contributed by atoms with Crippen molar-refractivity contribution in [1.82, 2.24) is 5.32 Å². The number of hydrogen-bond acceptors (Lipinski definition) is 2. The molecule has 1 N–H and O–H groups in total. The van der Waals surface area contributed by atoms with Crippen LogP contribution in [0, 0.1) is 0 Å². The highest BCUT2D eigenvalue weighted by atomic mass is 16.5. The Hall–Kier alpha value is -0.990. The van der Waals surface area contributed by atoms with Crippen LogP contribution in [0.2, 0.25) is 0 Å². The Bertz CT molecular complexity index is 90.4. The van der Waals surface area contributed by atoms with Crippen LogP contribution in [0.5, 0.6) is 0 Å². The van der Waals surface area contributed by atoms with Crippen molar-refractivity contribution >= 4 is 5.91 Å². The van der Waals surface area contributed by atoms with Crippen LogP contribution in [0.3, 0.4) is 0 Å². The number of nitrogens with one attached hydrogen (secondary N) is 1. The maximum atomic E-state index is 10.3. The first-order chi connectivity index (χ1) is 3.81. The number of hydrogen-bond donors (Lipinski definition) is 1. The van der Waals surface area contributed by atoms with E-state index in [1.807, 2.05) is 0 Å². The highest BCUT2D eigenvalue weighted by Crippen LogP contribution is 1.70. The van der Waals surface area contributed by atoms with Crippen LogP contribution in [0.15, 0.2) is 12.8 Å². The van der Waals surface area contributed by atoms with Crippen molar-refractivity contribution in [3.8, 4) is 0 Å². The minimum absolute atomic E-state index is 0.0556. The predicted octanol–water partition coefficient (Wildman–Crippen LogP) is -0.108. The topological polar surface area (TPSA) is 38.3 Å². The van der Waals surface area contributed by atoms with Gasteiger partial charge < -0.3 is 10.1 Å². The molecule has 0 unspecified atom stereocenters. The Kier molecular flexibility index (Phi) is 3.66. The van der Waals surface area contributed by atoms with Crippen LogP contribution in [-0.2, 0) is 9.53 Å². The molecule has 3 heteroatoms. The lowest BCUT2D eigenvalue weighted by Crippen LogP contribution is -2.22. The van der Waals surface area contributed by atoms with Gasteiger partial charge in [-0.05, 0) is 0 Å². The lowest BCUT2D eigenvalue weighted by molar-refractivity contribution is -0.123. The fourth-order valence-electron chi connectivity index (χ4n) is 0.207. The highest BCUT2D eigenvalue weighted by Gasteiger charge is 1.91. The van der Waals surface area contributed by atoms with Crippen LogP contribution in [0.25, 0.3) is 0 Å². The van der Waals surface area contributed by atoms with Gasteiger partial charge in [-0.2, -0.15) is 0 Å². The second-order valence-corrected chi connectivity index (χ2v) is 1.15. The zero-order valence-electron chi connectivity index (χ0n) is 4.81. The van der Waals surface area contributed by atoms with Gasteiger partial charge in [-0.15, -0.1) is 0 Å². The van der Waals surface area contributed by atoms with Gasteiger partial charge in [-0.3, -0.25) is 4.79 Å². The van der Waals surface area contributed by atoms with Gasteiger partial charge in [-0.1, -0.05) is 6.58 Å². The molecule has 0 aliphatic rings. The van der Waals surface area contributed by atoms with Crippen LogP contribution in [0.1, 0.15) is 0 Å². The monoisotopic (exact) mass is 115 g/mol. The maximum Gasteiger partial charge on any atom is 0.257 e. The van der Waals surface area contributed by atoms with Gasteiger partial charge in [0.05, 0.1) is 6.26 Å². The van der Waals surface area contributed by atoms with Crippen LogP contribution >= 0.6 is 0 Å². The summed E-state index contributed by atoms with van der Waals surface area (Å²) in [5, 5.41) is 2.39. The quantitative estimate of drug-likeness (QED) is 0.521. The van der Waals surface area contributed by atoms with Crippen molar-refractivity contribution in [2.45, 2.75) is 0 Å². The van der Waals surface area contributed by atoms with Crippen molar-refractivity contribution in [3.05, 3.63) is 12.8 Å². The molecular weight excluding hydrogens is 106 g/mol. The normalized spacial score (nSPS) is 7.62. The summed E-state index contributed by atoms with van der Waals surface area (Å²) in [6, 6.07) is 0. The average Bonchev–Trinajstić information content (AvgIpc) is 1.83. The first-order valence-corrected chi connectivity index (χ1v) is 2.24. The molecule has 0 aromatic heterocycles. The van der Waals surface area contributed by atoms with E-state index in [0.717, 1.165) is 0 Å². The van der Waals surface area contributed by atoms with Crippen LogP contribution < -0.4 is 5.32 Å². The van der Waals surface area contributed by atoms with Crippen molar-refractivity contribution in [1.29, 1.82) is 0 Å². The summed E-state index contributed by atoms with van der Waals surface area (Å²) in [5.74, 6) is -0.148. The first kappa shape index (κ1) is 7.01. The molecule has 0 radical (unpaired) electrons. The number of rotatable bonds is 3. The summed E-state index contributed by atoms with van der Waals surface area (Å²) in [4.78, 5) is 10.3. The second-order valence-electron chi connectivity index (χ2n) is 1.15. The Morgan fingerprint density at radius 2 is 2.62 bits per heavy atom. The molecule has 46 valence electrons. The smallest absolute Gasteiger partial charge is 0.257 e. The number of carbonyl (C=O) groups is 1. The lowest BCUT2D eigenvalue weighted by Gasteiger charge is -1.95. The fraction of sp³-hybridized carbons (Fsp3) is 0.400. The van der Waals surface area contributed by atoms with Crippen LogP contribution in [-0.4, -0.2) is 19.6 Å². The van der Waals surface area contributed by atoms with Gasteiger partial charge in [0.1, 0.15) is 0 Å². The summed E-state index contributed by atoms with van der Waals surface area (Å²) < 4.78 is 4.54. The maximum absolute atomic E-state index is 10.3. The molecule has 0 spiro atoms. The molecule has 0 aliphatic heterocycles. The van der Waals surface area contributed by atoms with E-state index in [-0.39, 0.29) is 12.5 Å². The number of likely N-dealkylation sites (N-methyl/N-ethyl adjacent to an activating group) is 1. The standard InChI is InChI=1S/C5H9NO2/c1-3-8-4-5(7)6-2/h3H,1,4H2,2H3,(H,6,7). The molecular formula is C5H9NO2. The SMILES string of the molecule is C=COCC(=O)NC. The molecule has 0 saturated heterocycles. The average molecular weight is 115 g/mol. The van der Waals surface area contributed by atoms with E-state index in [4.69, 9.17) is 0 Å². The molecule has 0 heterocycles. The third-order valence-electron chi connectivity index (χ3n) is 0.611. The van der Waals surface area contributed by atoms with Crippen molar-refractivity contribution in [3.63, 3.8) is 0 Å². The summed E-state index contributed by atoms with van der Waals surface area (Å²) in [7, 11) is 1.55. The van der Waals surface area contributed by atoms with E-state index < -0.39 is 0 Å². The molecule has 8 heavy (non-hydrogen) atoms. The van der Waals surface area contributed by atoms with Gasteiger partial charge >= 0.3 is 0 Å². The van der Waals surface area contributed by atoms with Crippen molar-refractivity contribution in [2.75, 3.05) is 13.7 Å². The van der Waals surface area contributed by atoms with E-state index in [0.29, 0.717) is 0 Å². The Balaban J connectivity index is 3.11. The zero-order valence-corrected chi connectivity index (χ0v) is 4.81. The van der Waals surface area contributed by atoms with E-state index in [1.165, 1.54) is 6.26 Å². The molecule has 0 atom stereocenters. The molecule has 0 aromatic carbocycles. The third kappa shape index (κ3) is 3.21. The predicted molar refractivity (Wildman–Crippen MR) is 30.2 cm³/mol. The van der Waals surface area contributed by atoms with Crippen molar-refractivity contribution in [2.24, 2.45) is 0 Å². The molecule has 0 aliphatic carbocycles. The van der Waals surface area contributed by atoms with Gasteiger partial charge in [0.15, 0.2) is 6.61 Å². The third-order valence-corrected chi connectivity index (χ3v) is 0.611. The zero-order chi connectivity index (χ0) is 6.41. The van der Waals surface area contributed by atoms with Gasteiger partial charge in [0.25, 0.3) is 5.91 Å². The summed E-state index contributed by atoms with van der Waals surface area (Å²) in [6.45, 7) is 3.32. The van der Waals surface area contributed by atoms with E-state index in [9.17, 15) is 4.79 Å². The largest absolute Gasteiger partial charge is 0.492 e. The van der Waals surface area contributed by atoms with Gasteiger partial charge in [-0.25, -0.2) is 0 Å². The number of carbonyl (C=O) groups excluding carboxylic acids is 1. The Labute approximate surface area is 48.3 Å². The van der Waals surface area contributed by atoms with Gasteiger partial charge in [0.2, 0.25) is 0 Å². The minimum atomic E-state index is -0.148. The molecule has 0 saturated carbocycles. The highest BCUT2D eigenvalue weighted by molar-refractivity contribution is 5.76. The summed E-state index contributed by atoms with van der Waals surface area (Å²) >= 11 is 0. The molecule has 0 rings (SSSR count). The minimum Gasteiger partial charge on any atom is -0.492 e. The Morgan fingerprint density at radius 1 is 2.00 bits per heavy atom. The van der Waals surface area contributed by atoms with E-state index in [2.05, 4.69) is 16.6 Å². The van der Waals surface area contributed by atoms with Gasteiger partial charge in [0, 0.05) is 7.05 Å². The Morgan fingerprint density at radius 3 is 3.00 bits per heavy atom. The lowest BCUT2D eigenvalue weighted by atomic mass is 10.7. The molecule has 3 nitrogen and oxygen atoms in total. The molecule has 0 fully saturated rings. The first-order valence-electron chi connectivity index (χ1n) is 2.24. The van der Waals surface area contributed by atoms with Crippen molar-refractivity contribution < 1.29 is 9.53 Å². The molecule has 1 amide bonds. The number of amides is 1.